The SMILES string of the molecule is Cc1nc2ccccc2n1-c1nc2c(c(C(C)(C)S(C)(=O)=O)n1)OCC1COC[C@@H](C)N21. The molecular formula is C22H27N5O4S. The first-order valence-corrected chi connectivity index (χ1v) is 12.5. The number of ether oxygens (including phenoxy) is 2. The standard InChI is InChI=1S/C22H27N5O4S/c1-13-10-30-11-15-12-31-18-19(22(3,4)32(5,28)29)24-21(25-20(18)26(13)15)27-14(2)23-16-8-6-7-9-17(16)27/h6-9,13,15H,10-12H2,1-5H3/t13-,15?/m1/s1. The quantitative estimate of drug-likeness (QED) is 0.591. The Hall–Kier alpha value is -2.72. The molecule has 1 unspecified atom stereocenters. The Bertz CT molecular complexity index is 1320. The summed E-state index contributed by atoms with van der Waals surface area (Å²) < 4.78 is 38.0. The van der Waals surface area contributed by atoms with Gasteiger partial charge in [0, 0.05) is 6.26 Å². The van der Waals surface area contributed by atoms with Crippen LogP contribution in [0.15, 0.2) is 24.3 Å². The summed E-state index contributed by atoms with van der Waals surface area (Å²) in [7, 11) is -3.51. The highest BCUT2D eigenvalue weighted by atomic mass is 32.2. The fraction of sp³-hybridized carbons (Fsp3) is 0.500. The summed E-state index contributed by atoms with van der Waals surface area (Å²) in [6, 6.07) is 7.82. The van der Waals surface area contributed by atoms with Crippen molar-refractivity contribution in [2.24, 2.45) is 0 Å². The zero-order chi connectivity index (χ0) is 22.8. The maximum Gasteiger partial charge on any atom is 0.238 e. The lowest BCUT2D eigenvalue weighted by molar-refractivity contribution is 0.0482. The molecule has 32 heavy (non-hydrogen) atoms. The van der Waals surface area contributed by atoms with E-state index in [9.17, 15) is 8.42 Å². The second kappa shape index (κ2) is 7.14. The summed E-state index contributed by atoms with van der Waals surface area (Å²) in [4.78, 5) is 16.5. The van der Waals surface area contributed by atoms with Crippen LogP contribution in [0.1, 0.15) is 32.3 Å². The molecule has 2 aliphatic rings. The van der Waals surface area contributed by atoms with Crippen LogP contribution in [0.25, 0.3) is 17.0 Å². The molecule has 2 aliphatic heterocycles. The topological polar surface area (TPSA) is 99.4 Å². The first-order valence-electron chi connectivity index (χ1n) is 10.6. The van der Waals surface area contributed by atoms with Crippen molar-refractivity contribution in [1.82, 2.24) is 19.5 Å². The van der Waals surface area contributed by atoms with Gasteiger partial charge in [-0.15, -0.1) is 0 Å². The monoisotopic (exact) mass is 457 g/mol. The van der Waals surface area contributed by atoms with Gasteiger partial charge in [-0.25, -0.2) is 18.4 Å². The number of fused-ring (bicyclic) bond motifs is 4. The predicted octanol–water partition coefficient (Wildman–Crippen LogP) is 2.39. The maximum absolute atomic E-state index is 12.8. The summed E-state index contributed by atoms with van der Waals surface area (Å²) in [5.74, 6) is 2.13. The van der Waals surface area contributed by atoms with Gasteiger partial charge in [0.2, 0.25) is 5.95 Å². The van der Waals surface area contributed by atoms with Crippen molar-refractivity contribution >= 4 is 26.7 Å². The Morgan fingerprint density at radius 1 is 1.09 bits per heavy atom. The van der Waals surface area contributed by atoms with E-state index in [1.165, 1.54) is 6.26 Å². The molecule has 9 nitrogen and oxygen atoms in total. The fourth-order valence-electron chi connectivity index (χ4n) is 4.40. The summed E-state index contributed by atoms with van der Waals surface area (Å²) in [6.07, 6.45) is 1.22. The van der Waals surface area contributed by atoms with E-state index >= 15 is 0 Å². The first kappa shape index (κ1) is 21.1. The van der Waals surface area contributed by atoms with E-state index in [1.54, 1.807) is 13.8 Å². The van der Waals surface area contributed by atoms with Gasteiger partial charge < -0.3 is 14.4 Å². The third-order valence-electron chi connectivity index (χ3n) is 6.46. The van der Waals surface area contributed by atoms with Crippen LogP contribution in [0.4, 0.5) is 5.82 Å². The van der Waals surface area contributed by atoms with Crippen molar-refractivity contribution in [3.05, 3.63) is 35.8 Å². The van der Waals surface area contributed by atoms with Crippen LogP contribution in [-0.2, 0) is 19.3 Å². The minimum atomic E-state index is -3.51. The second-order valence-corrected chi connectivity index (χ2v) is 11.6. The van der Waals surface area contributed by atoms with Crippen LogP contribution in [0.5, 0.6) is 5.75 Å². The second-order valence-electron chi connectivity index (χ2n) is 9.05. The minimum absolute atomic E-state index is 0.00354. The normalized spacial score (nSPS) is 21.2. The lowest BCUT2D eigenvalue weighted by Gasteiger charge is -2.45. The van der Waals surface area contributed by atoms with E-state index in [2.05, 4.69) is 16.8 Å². The highest BCUT2D eigenvalue weighted by Gasteiger charge is 2.44. The van der Waals surface area contributed by atoms with Crippen molar-refractivity contribution < 1.29 is 17.9 Å². The summed E-state index contributed by atoms with van der Waals surface area (Å²) >= 11 is 0. The molecule has 1 aromatic carbocycles. The van der Waals surface area contributed by atoms with E-state index < -0.39 is 14.6 Å². The van der Waals surface area contributed by atoms with E-state index in [-0.39, 0.29) is 12.1 Å². The van der Waals surface area contributed by atoms with E-state index in [0.29, 0.717) is 43.0 Å². The number of para-hydroxylation sites is 2. The summed E-state index contributed by atoms with van der Waals surface area (Å²) in [5, 5.41) is 0. The number of benzene rings is 1. The van der Waals surface area contributed by atoms with Crippen LogP contribution in [-0.4, -0.2) is 66.1 Å². The molecule has 1 fully saturated rings. The number of hydrogen-bond donors (Lipinski definition) is 0. The number of rotatable bonds is 3. The number of aryl methyl sites for hydroxylation is 1. The number of morpholine rings is 1. The number of sulfone groups is 1. The van der Waals surface area contributed by atoms with Gasteiger partial charge in [-0.05, 0) is 39.8 Å². The molecule has 0 spiro atoms. The van der Waals surface area contributed by atoms with Crippen molar-refractivity contribution in [1.29, 1.82) is 0 Å². The molecule has 0 N–H and O–H groups in total. The zero-order valence-corrected chi connectivity index (χ0v) is 19.7. The Labute approximate surface area is 187 Å². The fourth-order valence-corrected chi connectivity index (χ4v) is 4.89. The number of imidazole rings is 1. The van der Waals surface area contributed by atoms with E-state index in [0.717, 1.165) is 16.9 Å². The van der Waals surface area contributed by atoms with Crippen LogP contribution < -0.4 is 9.64 Å². The van der Waals surface area contributed by atoms with Gasteiger partial charge in [-0.1, -0.05) is 12.1 Å². The number of aromatic nitrogens is 4. The molecule has 3 aromatic rings. The van der Waals surface area contributed by atoms with Crippen molar-refractivity contribution in [2.75, 3.05) is 31.0 Å². The van der Waals surface area contributed by atoms with Crippen LogP contribution >= 0.6 is 0 Å². The predicted molar refractivity (Wildman–Crippen MR) is 121 cm³/mol. The average molecular weight is 458 g/mol. The average Bonchev–Trinajstić information content (AvgIpc) is 3.07. The number of hydrogen-bond acceptors (Lipinski definition) is 8. The largest absolute Gasteiger partial charge is 0.486 e. The molecule has 0 bridgehead atoms. The highest BCUT2D eigenvalue weighted by molar-refractivity contribution is 7.91. The van der Waals surface area contributed by atoms with Crippen molar-refractivity contribution in [3.8, 4) is 11.7 Å². The molecule has 10 heteroatoms. The van der Waals surface area contributed by atoms with Crippen LogP contribution in [0.3, 0.4) is 0 Å². The molecule has 1 saturated heterocycles. The highest BCUT2D eigenvalue weighted by Crippen LogP contribution is 2.44. The minimum Gasteiger partial charge on any atom is -0.486 e. The van der Waals surface area contributed by atoms with E-state index in [1.807, 2.05) is 35.8 Å². The molecular weight excluding hydrogens is 430 g/mol. The molecule has 0 radical (unpaired) electrons. The Balaban J connectivity index is 1.82. The van der Waals surface area contributed by atoms with Gasteiger partial charge in [0.1, 0.15) is 22.9 Å². The third-order valence-corrected chi connectivity index (χ3v) is 8.51. The Morgan fingerprint density at radius 3 is 2.59 bits per heavy atom. The van der Waals surface area contributed by atoms with Gasteiger partial charge in [0.25, 0.3) is 0 Å². The summed E-state index contributed by atoms with van der Waals surface area (Å²) in [6.45, 7) is 8.76. The lowest BCUT2D eigenvalue weighted by atomic mass is 10.0. The zero-order valence-electron chi connectivity index (χ0n) is 18.9. The van der Waals surface area contributed by atoms with Crippen molar-refractivity contribution in [2.45, 2.75) is 44.5 Å². The molecule has 0 aliphatic carbocycles. The Kier molecular flexibility index (Phi) is 4.72. The van der Waals surface area contributed by atoms with Gasteiger partial charge in [-0.3, -0.25) is 4.57 Å². The molecule has 2 atom stereocenters. The molecule has 4 heterocycles. The van der Waals surface area contributed by atoms with Gasteiger partial charge in [0.05, 0.1) is 36.3 Å². The number of nitrogens with zero attached hydrogens (tertiary/aromatic N) is 5. The molecule has 2 aromatic heterocycles. The lowest BCUT2D eigenvalue weighted by Crippen LogP contribution is -2.56. The summed E-state index contributed by atoms with van der Waals surface area (Å²) in [5.41, 5.74) is 2.04. The maximum atomic E-state index is 12.8. The molecule has 170 valence electrons. The van der Waals surface area contributed by atoms with Gasteiger partial charge in [0.15, 0.2) is 21.4 Å². The van der Waals surface area contributed by atoms with E-state index in [4.69, 9.17) is 19.4 Å². The van der Waals surface area contributed by atoms with Crippen LogP contribution in [0, 0.1) is 6.92 Å². The van der Waals surface area contributed by atoms with Crippen molar-refractivity contribution in [3.63, 3.8) is 0 Å². The van der Waals surface area contributed by atoms with Gasteiger partial charge >= 0.3 is 0 Å². The van der Waals surface area contributed by atoms with Crippen LogP contribution in [0.2, 0.25) is 0 Å². The molecule has 5 rings (SSSR count). The smallest absolute Gasteiger partial charge is 0.238 e. The number of anilines is 1. The molecule has 0 amide bonds. The third kappa shape index (κ3) is 3.07. The van der Waals surface area contributed by atoms with Gasteiger partial charge in [-0.2, -0.15) is 4.98 Å². The first-order chi connectivity index (χ1) is 15.1. The Morgan fingerprint density at radius 2 is 1.84 bits per heavy atom. The molecule has 0 saturated carbocycles.